The molecule has 0 fully saturated rings. The lowest BCUT2D eigenvalue weighted by atomic mass is 10.3. The lowest BCUT2D eigenvalue weighted by molar-refractivity contribution is 1.26. The van der Waals surface area contributed by atoms with Crippen molar-refractivity contribution in [2.24, 2.45) is 5.73 Å². The van der Waals surface area contributed by atoms with E-state index in [1.54, 1.807) is 12.4 Å². The summed E-state index contributed by atoms with van der Waals surface area (Å²) in [5.74, 6) is 0. The highest BCUT2D eigenvalue weighted by Crippen LogP contribution is 2.05. The maximum absolute atomic E-state index is 4.91. The second-order valence-corrected chi connectivity index (χ2v) is 2.44. The van der Waals surface area contributed by atoms with E-state index in [0.717, 1.165) is 11.0 Å². The minimum Gasteiger partial charge on any atom is -0.345 e. The van der Waals surface area contributed by atoms with Gasteiger partial charge in [-0.3, -0.25) is 0 Å². The molecule has 0 aliphatic carbocycles. The van der Waals surface area contributed by atoms with Crippen molar-refractivity contribution < 1.29 is 0 Å². The van der Waals surface area contributed by atoms with Crippen molar-refractivity contribution in [3.8, 4) is 0 Å². The summed E-state index contributed by atoms with van der Waals surface area (Å²) in [6, 6.07) is 7.94. The second-order valence-electron chi connectivity index (χ2n) is 2.44. The molecule has 0 unspecified atom stereocenters. The predicted molar refractivity (Wildman–Crippen MR) is 55.3 cm³/mol. The highest BCUT2D eigenvalue weighted by atomic mass is 14.9. The Hall–Kier alpha value is -1.61. The Morgan fingerprint density at radius 2 is 2.15 bits per heavy atom. The number of H-pyrrole nitrogens is 1. The Bertz CT molecular complexity index is 335. The summed E-state index contributed by atoms with van der Waals surface area (Å²) in [4.78, 5) is 7.07. The predicted octanol–water partition coefficient (Wildman–Crippen LogP) is 1.69. The summed E-state index contributed by atoms with van der Waals surface area (Å²) in [5.41, 5.74) is 7.03. The van der Waals surface area contributed by atoms with Crippen molar-refractivity contribution in [3.05, 3.63) is 43.2 Å². The van der Waals surface area contributed by atoms with Crippen molar-refractivity contribution in [1.29, 1.82) is 0 Å². The fourth-order valence-electron chi connectivity index (χ4n) is 0.880. The number of nitrogens with two attached hydrogens (primary N) is 1. The van der Waals surface area contributed by atoms with Gasteiger partial charge < -0.3 is 10.7 Å². The average Bonchev–Trinajstić information content (AvgIpc) is 2.66. The molecule has 0 spiro atoms. The van der Waals surface area contributed by atoms with Crippen LogP contribution in [0.5, 0.6) is 0 Å². The lowest BCUT2D eigenvalue weighted by Crippen LogP contribution is -1.90. The summed E-state index contributed by atoms with van der Waals surface area (Å²) >= 11 is 0. The Kier molecular flexibility index (Phi) is 3.73. The van der Waals surface area contributed by atoms with Gasteiger partial charge in [-0.15, -0.1) is 6.58 Å². The van der Waals surface area contributed by atoms with Gasteiger partial charge >= 0.3 is 0 Å². The van der Waals surface area contributed by atoms with Gasteiger partial charge in [0.2, 0.25) is 0 Å². The third-order valence-electron chi connectivity index (χ3n) is 1.49. The molecule has 3 heteroatoms. The first kappa shape index (κ1) is 9.48. The highest BCUT2D eigenvalue weighted by molar-refractivity contribution is 5.73. The zero-order valence-corrected chi connectivity index (χ0v) is 7.40. The van der Waals surface area contributed by atoms with Crippen LogP contribution in [0.2, 0.25) is 0 Å². The molecule has 0 bridgehead atoms. The van der Waals surface area contributed by atoms with Crippen molar-refractivity contribution in [1.82, 2.24) is 9.97 Å². The van der Waals surface area contributed by atoms with E-state index >= 15 is 0 Å². The van der Waals surface area contributed by atoms with Crippen molar-refractivity contribution in [3.63, 3.8) is 0 Å². The van der Waals surface area contributed by atoms with Gasteiger partial charge in [0.1, 0.15) is 0 Å². The summed E-state index contributed by atoms with van der Waals surface area (Å²) in [6.07, 6.45) is 3.35. The fraction of sp³-hybridized carbons (Fsp3) is 0.100. The van der Waals surface area contributed by atoms with Gasteiger partial charge in [-0.1, -0.05) is 18.2 Å². The van der Waals surface area contributed by atoms with Crippen molar-refractivity contribution in [2.75, 3.05) is 6.54 Å². The second kappa shape index (κ2) is 5.11. The highest BCUT2D eigenvalue weighted by Gasteiger charge is 1.88. The summed E-state index contributed by atoms with van der Waals surface area (Å²) in [7, 11) is 0. The minimum absolute atomic E-state index is 0.583. The zero-order valence-electron chi connectivity index (χ0n) is 7.40. The molecule has 3 N–H and O–H groups in total. The lowest BCUT2D eigenvalue weighted by Gasteiger charge is -1.81. The number of rotatable bonds is 1. The molecule has 68 valence electrons. The van der Waals surface area contributed by atoms with E-state index in [2.05, 4.69) is 16.5 Å². The van der Waals surface area contributed by atoms with E-state index in [9.17, 15) is 0 Å². The van der Waals surface area contributed by atoms with E-state index in [1.165, 1.54) is 0 Å². The number of fused-ring (bicyclic) bond motifs is 1. The zero-order chi connectivity index (χ0) is 9.52. The summed E-state index contributed by atoms with van der Waals surface area (Å²) in [6.45, 7) is 3.94. The van der Waals surface area contributed by atoms with Crippen LogP contribution < -0.4 is 5.73 Å². The molecule has 0 aliphatic heterocycles. The Morgan fingerprint density at radius 1 is 1.46 bits per heavy atom. The molecule has 2 aromatic rings. The van der Waals surface area contributed by atoms with E-state index in [1.807, 2.05) is 24.3 Å². The van der Waals surface area contributed by atoms with Crippen LogP contribution in [0, 0.1) is 0 Å². The van der Waals surface area contributed by atoms with Gasteiger partial charge in [0.25, 0.3) is 0 Å². The maximum Gasteiger partial charge on any atom is 0.0931 e. The number of aromatic nitrogens is 2. The van der Waals surface area contributed by atoms with E-state index in [4.69, 9.17) is 5.73 Å². The van der Waals surface area contributed by atoms with Crippen LogP contribution >= 0.6 is 0 Å². The fourth-order valence-corrected chi connectivity index (χ4v) is 0.880. The SMILES string of the molecule is C=CCN.c1ccc2[nH]cnc2c1. The number of imidazole rings is 1. The van der Waals surface area contributed by atoms with Crippen LogP contribution in [0.1, 0.15) is 0 Å². The molecule has 0 saturated heterocycles. The first-order valence-electron chi connectivity index (χ1n) is 4.07. The molecule has 1 aromatic heterocycles. The quantitative estimate of drug-likeness (QED) is 0.648. The normalized spacial score (nSPS) is 9.00. The number of para-hydroxylation sites is 2. The van der Waals surface area contributed by atoms with E-state index in [0.29, 0.717) is 6.54 Å². The first-order chi connectivity index (χ1) is 6.38. The molecule has 0 saturated carbocycles. The van der Waals surface area contributed by atoms with E-state index in [-0.39, 0.29) is 0 Å². The van der Waals surface area contributed by atoms with Crippen LogP contribution in [0.3, 0.4) is 0 Å². The van der Waals surface area contributed by atoms with Gasteiger partial charge in [-0.2, -0.15) is 0 Å². The standard InChI is InChI=1S/C7H6N2.C3H7N/c1-2-4-7-6(3-1)8-5-9-7;1-2-3-4/h1-5H,(H,8,9);2H,1,3-4H2. The molecule has 0 radical (unpaired) electrons. The van der Waals surface area contributed by atoms with Crippen molar-refractivity contribution in [2.45, 2.75) is 0 Å². The van der Waals surface area contributed by atoms with Crippen LogP contribution in [-0.4, -0.2) is 16.5 Å². The summed E-state index contributed by atoms with van der Waals surface area (Å²) < 4.78 is 0. The largest absolute Gasteiger partial charge is 0.345 e. The Balaban J connectivity index is 0.000000184. The van der Waals surface area contributed by atoms with Gasteiger partial charge in [-0.25, -0.2) is 4.98 Å². The average molecular weight is 175 g/mol. The van der Waals surface area contributed by atoms with Gasteiger partial charge in [0.05, 0.1) is 17.4 Å². The third kappa shape index (κ3) is 2.72. The molecule has 0 aliphatic rings. The van der Waals surface area contributed by atoms with Gasteiger partial charge in [0.15, 0.2) is 0 Å². The van der Waals surface area contributed by atoms with Crippen LogP contribution in [0.4, 0.5) is 0 Å². The number of nitrogens with one attached hydrogen (secondary N) is 1. The Labute approximate surface area is 77.3 Å². The molecule has 0 amide bonds. The number of aromatic amines is 1. The first-order valence-corrected chi connectivity index (χ1v) is 4.07. The third-order valence-corrected chi connectivity index (χ3v) is 1.49. The molecule has 1 heterocycles. The van der Waals surface area contributed by atoms with E-state index < -0.39 is 0 Å². The number of hydrogen-bond acceptors (Lipinski definition) is 2. The monoisotopic (exact) mass is 175 g/mol. The van der Waals surface area contributed by atoms with Crippen LogP contribution in [0.25, 0.3) is 11.0 Å². The molecule has 13 heavy (non-hydrogen) atoms. The maximum atomic E-state index is 4.91. The smallest absolute Gasteiger partial charge is 0.0931 e. The molecule has 1 aromatic carbocycles. The minimum atomic E-state index is 0.583. The number of hydrogen-bond donors (Lipinski definition) is 2. The topological polar surface area (TPSA) is 54.7 Å². The van der Waals surface area contributed by atoms with Gasteiger partial charge in [-0.05, 0) is 12.1 Å². The molecular weight excluding hydrogens is 162 g/mol. The molecule has 0 atom stereocenters. The molecular formula is C10H13N3. The number of benzene rings is 1. The Morgan fingerprint density at radius 3 is 2.77 bits per heavy atom. The van der Waals surface area contributed by atoms with Gasteiger partial charge in [0, 0.05) is 6.54 Å². The number of nitrogens with zero attached hydrogens (tertiary/aromatic N) is 1. The molecule has 3 nitrogen and oxygen atoms in total. The molecule has 2 rings (SSSR count). The van der Waals surface area contributed by atoms with Crippen LogP contribution in [0.15, 0.2) is 43.2 Å². The summed E-state index contributed by atoms with van der Waals surface area (Å²) in [5, 5.41) is 0. The van der Waals surface area contributed by atoms with Crippen LogP contribution in [-0.2, 0) is 0 Å². The van der Waals surface area contributed by atoms with Crippen molar-refractivity contribution >= 4 is 11.0 Å².